The summed E-state index contributed by atoms with van der Waals surface area (Å²) < 4.78 is 7.13. The monoisotopic (exact) mass is 244 g/mol. The molecule has 5 heteroatoms. The number of ether oxygens (including phenoxy) is 1. The van der Waals surface area contributed by atoms with Gasteiger partial charge in [-0.15, -0.1) is 5.10 Å². The van der Waals surface area contributed by atoms with Crippen LogP contribution in [0.25, 0.3) is 5.69 Å². The van der Waals surface area contributed by atoms with Crippen molar-refractivity contribution in [3.05, 3.63) is 35.7 Å². The van der Waals surface area contributed by atoms with Gasteiger partial charge in [-0.3, -0.25) is 0 Å². The lowest BCUT2D eigenvalue weighted by atomic mass is 10.2. The smallest absolute Gasteiger partial charge is 0.121 e. The van der Waals surface area contributed by atoms with E-state index >= 15 is 0 Å². The largest absolute Gasteiger partial charge is 0.497 e. The third kappa shape index (κ3) is 1.86. The molecule has 3 rings (SSSR count). The van der Waals surface area contributed by atoms with Crippen molar-refractivity contribution in [2.75, 3.05) is 7.11 Å². The summed E-state index contributed by atoms with van der Waals surface area (Å²) in [5.41, 5.74) is 8.76. The topological polar surface area (TPSA) is 66.0 Å². The fourth-order valence-corrected chi connectivity index (χ4v) is 2.16. The molecule has 18 heavy (non-hydrogen) atoms. The predicted molar refractivity (Wildman–Crippen MR) is 67.8 cm³/mol. The molecule has 0 aliphatic heterocycles. The quantitative estimate of drug-likeness (QED) is 0.887. The molecule has 0 spiro atoms. The molecule has 2 aromatic rings. The van der Waals surface area contributed by atoms with Crippen molar-refractivity contribution in [2.45, 2.75) is 25.3 Å². The summed E-state index contributed by atoms with van der Waals surface area (Å²) in [6, 6.07) is 7.83. The Hall–Kier alpha value is -1.88. The van der Waals surface area contributed by atoms with Gasteiger partial charge in [-0.2, -0.15) is 0 Å². The minimum Gasteiger partial charge on any atom is -0.497 e. The Labute approximate surface area is 106 Å². The molecule has 2 N–H and O–H groups in total. The van der Waals surface area contributed by atoms with E-state index in [1.54, 1.807) is 7.11 Å². The number of aromatic nitrogens is 3. The molecule has 94 valence electrons. The van der Waals surface area contributed by atoms with Crippen LogP contribution in [-0.2, 0) is 6.54 Å². The Balaban J connectivity index is 2.07. The fraction of sp³-hybridized carbons (Fsp3) is 0.385. The molecule has 1 aliphatic carbocycles. The van der Waals surface area contributed by atoms with Crippen LogP contribution in [0, 0.1) is 0 Å². The van der Waals surface area contributed by atoms with Crippen LogP contribution in [0.1, 0.15) is 30.1 Å². The van der Waals surface area contributed by atoms with E-state index in [-0.39, 0.29) is 0 Å². The minimum atomic E-state index is 0.440. The standard InChI is InChI=1S/C13H16N4O/c1-18-11-4-2-3-10(7-11)17-13(9-5-6-9)12(8-14)15-16-17/h2-4,7,9H,5-6,8,14H2,1H3. The molecular formula is C13H16N4O. The van der Waals surface area contributed by atoms with E-state index in [9.17, 15) is 0 Å². The first kappa shape index (κ1) is 11.2. The average Bonchev–Trinajstić information content (AvgIpc) is 3.17. The van der Waals surface area contributed by atoms with Crippen LogP contribution in [0.3, 0.4) is 0 Å². The molecule has 0 radical (unpaired) electrons. The highest BCUT2D eigenvalue weighted by atomic mass is 16.5. The van der Waals surface area contributed by atoms with Crippen molar-refractivity contribution in [1.29, 1.82) is 0 Å². The summed E-state index contributed by atoms with van der Waals surface area (Å²) in [5.74, 6) is 1.38. The Morgan fingerprint density at radius 2 is 2.28 bits per heavy atom. The molecule has 0 amide bonds. The van der Waals surface area contributed by atoms with Crippen LogP contribution in [-0.4, -0.2) is 22.1 Å². The van der Waals surface area contributed by atoms with Crippen LogP contribution in [0.4, 0.5) is 0 Å². The van der Waals surface area contributed by atoms with Crippen LogP contribution in [0.2, 0.25) is 0 Å². The van der Waals surface area contributed by atoms with E-state index in [1.807, 2.05) is 28.9 Å². The highest BCUT2D eigenvalue weighted by Gasteiger charge is 2.31. The van der Waals surface area contributed by atoms with Gasteiger partial charge in [0.05, 0.1) is 18.5 Å². The Bertz CT molecular complexity index is 560. The van der Waals surface area contributed by atoms with Gasteiger partial charge in [-0.05, 0) is 25.0 Å². The van der Waals surface area contributed by atoms with Gasteiger partial charge in [0.15, 0.2) is 0 Å². The summed E-state index contributed by atoms with van der Waals surface area (Å²) >= 11 is 0. The second-order valence-electron chi connectivity index (χ2n) is 4.51. The maximum atomic E-state index is 5.72. The van der Waals surface area contributed by atoms with E-state index in [4.69, 9.17) is 10.5 Å². The lowest BCUT2D eigenvalue weighted by Crippen LogP contribution is -2.05. The molecule has 1 aliphatic rings. The van der Waals surface area contributed by atoms with Crippen molar-refractivity contribution in [2.24, 2.45) is 5.73 Å². The second kappa shape index (κ2) is 4.42. The van der Waals surface area contributed by atoms with Crippen LogP contribution >= 0.6 is 0 Å². The van der Waals surface area contributed by atoms with Crippen LogP contribution < -0.4 is 10.5 Å². The maximum Gasteiger partial charge on any atom is 0.121 e. The first-order chi connectivity index (χ1) is 8.83. The lowest BCUT2D eigenvalue weighted by molar-refractivity contribution is 0.414. The Morgan fingerprint density at radius 3 is 2.94 bits per heavy atom. The van der Waals surface area contributed by atoms with Crippen molar-refractivity contribution in [1.82, 2.24) is 15.0 Å². The maximum absolute atomic E-state index is 5.72. The highest BCUT2D eigenvalue weighted by molar-refractivity contribution is 5.41. The Kier molecular flexibility index (Phi) is 2.76. The molecule has 1 fully saturated rings. The number of benzene rings is 1. The fourth-order valence-electron chi connectivity index (χ4n) is 2.16. The van der Waals surface area contributed by atoms with Gasteiger partial charge in [0.25, 0.3) is 0 Å². The molecule has 1 saturated carbocycles. The van der Waals surface area contributed by atoms with Crippen LogP contribution in [0.5, 0.6) is 5.75 Å². The molecule has 1 aromatic carbocycles. The number of hydrogen-bond acceptors (Lipinski definition) is 4. The van der Waals surface area contributed by atoms with Gasteiger partial charge < -0.3 is 10.5 Å². The summed E-state index contributed by atoms with van der Waals surface area (Å²) in [6.45, 7) is 0.440. The Morgan fingerprint density at radius 1 is 1.44 bits per heavy atom. The van der Waals surface area contributed by atoms with Gasteiger partial charge in [0.2, 0.25) is 0 Å². The van der Waals surface area contributed by atoms with E-state index < -0.39 is 0 Å². The summed E-state index contributed by atoms with van der Waals surface area (Å²) in [6.07, 6.45) is 2.40. The first-order valence-electron chi connectivity index (χ1n) is 6.12. The molecule has 0 atom stereocenters. The summed E-state index contributed by atoms with van der Waals surface area (Å²) in [7, 11) is 1.66. The van der Waals surface area contributed by atoms with E-state index in [0.717, 1.165) is 22.8 Å². The second-order valence-corrected chi connectivity index (χ2v) is 4.51. The predicted octanol–water partition coefficient (Wildman–Crippen LogP) is 1.61. The van der Waals surface area contributed by atoms with E-state index in [2.05, 4.69) is 10.3 Å². The van der Waals surface area contributed by atoms with Crippen LogP contribution in [0.15, 0.2) is 24.3 Å². The van der Waals surface area contributed by atoms with Crippen molar-refractivity contribution in [3.8, 4) is 11.4 Å². The molecule has 1 heterocycles. The SMILES string of the molecule is COc1cccc(-n2nnc(CN)c2C2CC2)c1. The number of rotatable bonds is 4. The molecule has 0 unspecified atom stereocenters. The van der Waals surface area contributed by atoms with E-state index in [0.29, 0.717) is 12.5 Å². The lowest BCUT2D eigenvalue weighted by Gasteiger charge is -2.08. The number of nitrogens with zero attached hydrogens (tertiary/aromatic N) is 3. The zero-order valence-electron chi connectivity index (χ0n) is 10.3. The third-order valence-corrected chi connectivity index (χ3v) is 3.23. The molecule has 0 bridgehead atoms. The van der Waals surface area contributed by atoms with Gasteiger partial charge in [0, 0.05) is 18.5 Å². The summed E-state index contributed by atoms with van der Waals surface area (Å²) in [5, 5.41) is 8.40. The van der Waals surface area contributed by atoms with Crippen molar-refractivity contribution >= 4 is 0 Å². The van der Waals surface area contributed by atoms with Gasteiger partial charge >= 0.3 is 0 Å². The normalized spacial score (nSPS) is 14.8. The van der Waals surface area contributed by atoms with Gasteiger partial charge in [0.1, 0.15) is 11.4 Å². The first-order valence-corrected chi connectivity index (χ1v) is 6.12. The number of hydrogen-bond donors (Lipinski definition) is 1. The molecule has 0 saturated heterocycles. The summed E-state index contributed by atoms with van der Waals surface area (Å²) in [4.78, 5) is 0. The highest BCUT2D eigenvalue weighted by Crippen LogP contribution is 2.41. The molecular weight excluding hydrogens is 228 g/mol. The van der Waals surface area contributed by atoms with E-state index in [1.165, 1.54) is 12.8 Å². The third-order valence-electron chi connectivity index (χ3n) is 3.23. The number of methoxy groups -OCH3 is 1. The number of nitrogens with two attached hydrogens (primary N) is 1. The zero-order valence-corrected chi connectivity index (χ0v) is 10.3. The zero-order chi connectivity index (χ0) is 12.5. The van der Waals surface area contributed by atoms with Gasteiger partial charge in [-0.25, -0.2) is 4.68 Å². The van der Waals surface area contributed by atoms with Crippen molar-refractivity contribution in [3.63, 3.8) is 0 Å². The minimum absolute atomic E-state index is 0.440. The molecule has 1 aromatic heterocycles. The van der Waals surface area contributed by atoms with Crippen molar-refractivity contribution < 1.29 is 4.74 Å². The molecule has 5 nitrogen and oxygen atoms in total. The average molecular weight is 244 g/mol. The van der Waals surface area contributed by atoms with Gasteiger partial charge in [-0.1, -0.05) is 11.3 Å².